The minimum absolute atomic E-state index is 0.190. The number of hydrogen-bond donors (Lipinski definition) is 1. The van der Waals surface area contributed by atoms with Crippen LogP contribution in [-0.4, -0.2) is 25.2 Å². The van der Waals surface area contributed by atoms with Crippen LogP contribution < -0.4 is 5.73 Å². The molecule has 0 amide bonds. The molecule has 110 valence electrons. The highest BCUT2D eigenvalue weighted by Gasteiger charge is 2.32. The van der Waals surface area contributed by atoms with E-state index in [0.29, 0.717) is 30.2 Å². The number of rotatable bonds is 4. The summed E-state index contributed by atoms with van der Waals surface area (Å²) in [6.07, 6.45) is 2.01. The van der Waals surface area contributed by atoms with Gasteiger partial charge in [-0.1, -0.05) is 0 Å². The van der Waals surface area contributed by atoms with Crippen LogP contribution in [0.15, 0.2) is 0 Å². The highest BCUT2D eigenvalue weighted by atomic mass is 32.1. The molecule has 5 nitrogen and oxygen atoms in total. The van der Waals surface area contributed by atoms with Crippen LogP contribution >= 0.6 is 11.3 Å². The Bertz CT molecular complexity index is 523. The standard InChI is InChI=1S/C14H19NO4S/c1-3-18-13(16)8-5-6-10-9(7-8)11(12(15)20-10)14(17)19-4-2/h8H,3-7,15H2,1-2H3. The minimum Gasteiger partial charge on any atom is -0.466 e. The van der Waals surface area contributed by atoms with E-state index >= 15 is 0 Å². The molecular weight excluding hydrogens is 278 g/mol. The number of fused-ring (bicyclic) bond motifs is 1. The third kappa shape index (κ3) is 2.80. The predicted octanol–water partition coefficient (Wildman–Crippen LogP) is 2.17. The normalized spacial score (nSPS) is 17.4. The van der Waals surface area contributed by atoms with E-state index in [4.69, 9.17) is 15.2 Å². The first-order chi connectivity index (χ1) is 9.58. The van der Waals surface area contributed by atoms with Gasteiger partial charge in [-0.05, 0) is 38.7 Å². The fourth-order valence-electron chi connectivity index (χ4n) is 2.49. The van der Waals surface area contributed by atoms with Gasteiger partial charge in [0.2, 0.25) is 0 Å². The van der Waals surface area contributed by atoms with Crippen LogP contribution in [0, 0.1) is 5.92 Å². The first-order valence-electron chi connectivity index (χ1n) is 6.82. The summed E-state index contributed by atoms with van der Waals surface area (Å²) in [4.78, 5) is 24.9. The Hall–Kier alpha value is -1.56. The second-order valence-corrected chi connectivity index (χ2v) is 5.79. The molecule has 20 heavy (non-hydrogen) atoms. The lowest BCUT2D eigenvalue weighted by Crippen LogP contribution is -2.25. The highest BCUT2D eigenvalue weighted by molar-refractivity contribution is 7.16. The Balaban J connectivity index is 2.25. The number of carbonyl (C=O) groups is 2. The maximum Gasteiger partial charge on any atom is 0.341 e. The van der Waals surface area contributed by atoms with E-state index in [-0.39, 0.29) is 11.9 Å². The van der Waals surface area contributed by atoms with Crippen LogP contribution in [0.5, 0.6) is 0 Å². The SMILES string of the molecule is CCOC(=O)c1c(N)sc2c1CC(C(=O)OCC)CC2. The van der Waals surface area contributed by atoms with Gasteiger partial charge >= 0.3 is 11.9 Å². The van der Waals surface area contributed by atoms with Crippen LogP contribution in [0.1, 0.15) is 41.1 Å². The molecule has 0 spiro atoms. The van der Waals surface area contributed by atoms with E-state index in [1.807, 2.05) is 0 Å². The molecule has 0 fully saturated rings. The van der Waals surface area contributed by atoms with Crippen LogP contribution in [0.3, 0.4) is 0 Å². The zero-order chi connectivity index (χ0) is 14.7. The number of nitrogens with two attached hydrogens (primary N) is 1. The molecule has 1 heterocycles. The molecule has 6 heteroatoms. The van der Waals surface area contributed by atoms with Gasteiger partial charge in [0.1, 0.15) is 5.00 Å². The Morgan fingerprint density at radius 3 is 2.65 bits per heavy atom. The van der Waals surface area contributed by atoms with Crippen molar-refractivity contribution in [3.05, 3.63) is 16.0 Å². The van der Waals surface area contributed by atoms with Gasteiger partial charge in [0.15, 0.2) is 0 Å². The number of anilines is 1. The summed E-state index contributed by atoms with van der Waals surface area (Å²) in [6.45, 7) is 4.23. The van der Waals surface area contributed by atoms with Gasteiger partial charge in [0.05, 0.1) is 24.7 Å². The summed E-state index contributed by atoms with van der Waals surface area (Å²) in [6, 6.07) is 0. The largest absolute Gasteiger partial charge is 0.466 e. The van der Waals surface area contributed by atoms with Crippen LogP contribution in [0.2, 0.25) is 0 Å². The highest BCUT2D eigenvalue weighted by Crippen LogP contribution is 2.38. The predicted molar refractivity (Wildman–Crippen MR) is 76.8 cm³/mol. The zero-order valence-electron chi connectivity index (χ0n) is 11.7. The van der Waals surface area contributed by atoms with Crippen molar-refractivity contribution in [1.82, 2.24) is 0 Å². The quantitative estimate of drug-likeness (QED) is 0.862. The van der Waals surface area contributed by atoms with Gasteiger partial charge in [-0.25, -0.2) is 4.79 Å². The Morgan fingerprint density at radius 2 is 2.00 bits per heavy atom. The number of ether oxygens (including phenoxy) is 2. The molecule has 0 bridgehead atoms. The number of esters is 2. The van der Waals surface area contributed by atoms with Gasteiger partial charge < -0.3 is 15.2 Å². The Labute approximate surface area is 122 Å². The van der Waals surface area contributed by atoms with Crippen molar-refractivity contribution in [3.8, 4) is 0 Å². The van der Waals surface area contributed by atoms with Crippen molar-refractivity contribution in [1.29, 1.82) is 0 Å². The number of carbonyl (C=O) groups excluding carboxylic acids is 2. The van der Waals surface area contributed by atoms with Crippen LogP contribution in [0.4, 0.5) is 5.00 Å². The van der Waals surface area contributed by atoms with Crippen molar-refractivity contribution < 1.29 is 19.1 Å². The van der Waals surface area contributed by atoms with Crippen molar-refractivity contribution in [2.75, 3.05) is 18.9 Å². The molecule has 0 aromatic carbocycles. The third-order valence-electron chi connectivity index (χ3n) is 3.39. The summed E-state index contributed by atoms with van der Waals surface area (Å²) in [5, 5.41) is 0.484. The maximum atomic E-state index is 12.0. The number of thiophene rings is 1. The first kappa shape index (κ1) is 14.8. The van der Waals surface area contributed by atoms with Gasteiger partial charge in [-0.2, -0.15) is 0 Å². The van der Waals surface area contributed by atoms with E-state index in [1.165, 1.54) is 11.3 Å². The summed E-state index contributed by atoms with van der Waals surface area (Å²) < 4.78 is 10.1. The first-order valence-corrected chi connectivity index (χ1v) is 7.63. The molecule has 1 atom stereocenters. The average molecular weight is 297 g/mol. The second-order valence-electron chi connectivity index (χ2n) is 4.66. The molecule has 1 aromatic rings. The van der Waals surface area contributed by atoms with E-state index in [0.717, 1.165) is 23.3 Å². The maximum absolute atomic E-state index is 12.0. The minimum atomic E-state index is -0.396. The number of hydrogen-bond acceptors (Lipinski definition) is 6. The van der Waals surface area contributed by atoms with Gasteiger partial charge in [-0.15, -0.1) is 11.3 Å². The Morgan fingerprint density at radius 1 is 1.30 bits per heavy atom. The monoisotopic (exact) mass is 297 g/mol. The molecule has 2 rings (SSSR count). The molecule has 0 aliphatic heterocycles. The molecule has 0 saturated heterocycles. The van der Waals surface area contributed by atoms with Crippen molar-refractivity contribution in [3.63, 3.8) is 0 Å². The lowest BCUT2D eigenvalue weighted by atomic mass is 9.86. The fourth-order valence-corrected chi connectivity index (χ4v) is 3.60. The van der Waals surface area contributed by atoms with Crippen LogP contribution in [0.25, 0.3) is 0 Å². The Kier molecular flexibility index (Phi) is 4.65. The van der Waals surface area contributed by atoms with Gasteiger partial charge in [0, 0.05) is 4.88 Å². The molecule has 1 aliphatic rings. The molecule has 0 saturated carbocycles. The van der Waals surface area contributed by atoms with Gasteiger partial charge in [-0.3, -0.25) is 4.79 Å². The topological polar surface area (TPSA) is 78.6 Å². The summed E-state index contributed by atoms with van der Waals surface area (Å²) >= 11 is 1.42. The summed E-state index contributed by atoms with van der Waals surface area (Å²) in [7, 11) is 0. The molecule has 1 unspecified atom stereocenters. The molecule has 1 aromatic heterocycles. The van der Waals surface area contributed by atoms with Gasteiger partial charge in [0.25, 0.3) is 0 Å². The second kappa shape index (κ2) is 6.26. The zero-order valence-corrected chi connectivity index (χ0v) is 12.5. The van der Waals surface area contributed by atoms with Crippen LogP contribution in [-0.2, 0) is 27.1 Å². The number of nitrogen functional groups attached to an aromatic ring is 1. The van der Waals surface area contributed by atoms with Crippen molar-refractivity contribution >= 4 is 28.3 Å². The molecule has 1 aliphatic carbocycles. The van der Waals surface area contributed by atoms with E-state index in [2.05, 4.69) is 0 Å². The summed E-state index contributed by atoms with van der Waals surface area (Å²) in [5.74, 6) is -0.783. The fraction of sp³-hybridized carbons (Fsp3) is 0.571. The third-order valence-corrected chi connectivity index (χ3v) is 4.51. The molecule has 0 radical (unpaired) electrons. The van der Waals surface area contributed by atoms with E-state index < -0.39 is 5.97 Å². The lowest BCUT2D eigenvalue weighted by Gasteiger charge is -2.21. The average Bonchev–Trinajstić information content (AvgIpc) is 2.74. The van der Waals surface area contributed by atoms with Crippen molar-refractivity contribution in [2.24, 2.45) is 5.92 Å². The smallest absolute Gasteiger partial charge is 0.341 e. The number of aryl methyl sites for hydroxylation is 1. The molecule has 2 N–H and O–H groups in total. The molecular formula is C14H19NO4S. The van der Waals surface area contributed by atoms with E-state index in [9.17, 15) is 9.59 Å². The summed E-state index contributed by atoms with van der Waals surface area (Å²) in [5.41, 5.74) is 7.25. The van der Waals surface area contributed by atoms with E-state index in [1.54, 1.807) is 13.8 Å². The van der Waals surface area contributed by atoms with Crippen molar-refractivity contribution in [2.45, 2.75) is 33.1 Å². The lowest BCUT2D eigenvalue weighted by molar-refractivity contribution is -0.148.